The maximum atomic E-state index is 13.4. The predicted molar refractivity (Wildman–Crippen MR) is 111 cm³/mol. The van der Waals surface area contributed by atoms with E-state index in [1.165, 1.54) is 11.1 Å². The number of aryl methyl sites for hydroxylation is 1. The summed E-state index contributed by atoms with van der Waals surface area (Å²) in [6, 6.07) is 10.2. The Morgan fingerprint density at radius 2 is 1.56 bits per heavy atom. The van der Waals surface area contributed by atoms with Gasteiger partial charge < -0.3 is 9.64 Å². The summed E-state index contributed by atoms with van der Waals surface area (Å²) >= 11 is 0. The van der Waals surface area contributed by atoms with Gasteiger partial charge in [0.05, 0.1) is 17.7 Å². The molecule has 4 nitrogen and oxygen atoms in total. The Hall–Kier alpha value is -3.56. The molecule has 3 aromatic rings. The first-order valence-corrected chi connectivity index (χ1v) is 10.2. The number of pyridine rings is 1. The number of hydrogen-bond acceptors (Lipinski definition) is 3. The van der Waals surface area contributed by atoms with E-state index in [1.54, 1.807) is 18.2 Å². The predicted octanol–water partition coefficient (Wildman–Crippen LogP) is 6.13. The van der Waals surface area contributed by atoms with Crippen LogP contribution >= 0.6 is 0 Å². The van der Waals surface area contributed by atoms with Crippen LogP contribution < -0.4 is 4.74 Å². The van der Waals surface area contributed by atoms with Crippen molar-refractivity contribution in [3.63, 3.8) is 0 Å². The number of ether oxygens (including phenoxy) is 1. The molecule has 0 N–H and O–H groups in total. The van der Waals surface area contributed by atoms with Crippen molar-refractivity contribution in [1.29, 1.82) is 0 Å². The fraction of sp³-hybridized carbons (Fsp3) is 0.250. The molecule has 1 aliphatic heterocycles. The van der Waals surface area contributed by atoms with Crippen molar-refractivity contribution in [2.45, 2.75) is 25.8 Å². The third kappa shape index (κ3) is 4.85. The second-order valence-electron chi connectivity index (χ2n) is 7.89. The van der Waals surface area contributed by atoms with E-state index in [0.717, 1.165) is 5.56 Å². The number of carbonyl (C=O) groups is 1. The first-order valence-electron chi connectivity index (χ1n) is 10.2. The quantitative estimate of drug-likeness (QED) is 0.424. The summed E-state index contributed by atoms with van der Waals surface area (Å²) in [6.45, 7) is 1.38. The molecule has 178 valence electrons. The number of carbonyl (C=O) groups excluding carboxylic acids is 1. The lowest BCUT2D eigenvalue weighted by molar-refractivity contribution is -0.143. The molecule has 1 aromatic heterocycles. The van der Waals surface area contributed by atoms with Gasteiger partial charge in [-0.2, -0.15) is 26.3 Å². The van der Waals surface area contributed by atoms with E-state index in [9.17, 15) is 31.1 Å². The third-order valence-electron chi connectivity index (χ3n) is 5.40. The highest BCUT2D eigenvalue weighted by Crippen LogP contribution is 2.37. The van der Waals surface area contributed by atoms with Crippen molar-refractivity contribution >= 4 is 5.91 Å². The van der Waals surface area contributed by atoms with E-state index in [-0.39, 0.29) is 36.2 Å². The Morgan fingerprint density at radius 1 is 0.941 bits per heavy atom. The van der Waals surface area contributed by atoms with Gasteiger partial charge in [-0.05, 0) is 42.3 Å². The Labute approximate surface area is 190 Å². The van der Waals surface area contributed by atoms with Crippen LogP contribution in [0.1, 0.15) is 32.6 Å². The van der Waals surface area contributed by atoms with Gasteiger partial charge in [-0.1, -0.05) is 29.8 Å². The normalized spacial score (nSPS) is 14.4. The molecule has 0 spiro atoms. The first kappa shape index (κ1) is 23.6. The number of benzene rings is 2. The minimum Gasteiger partial charge on any atom is -0.475 e. The van der Waals surface area contributed by atoms with Crippen LogP contribution in [-0.4, -0.2) is 28.9 Å². The standard InChI is InChI=1S/C24H18F6N2O2/c1-14-2-4-16(5-3-14)19-6-7-31-21-20(19)22(33)32(8-9-34-21)13-15-10-17(23(25,26)27)12-18(11-15)24(28,29)30/h2-7,10-12H,8-9,13H2,1H3. The SMILES string of the molecule is Cc1ccc(-c2ccnc3c2C(=O)N(Cc2cc(C(F)(F)F)cc(C(F)(F)F)c2)CCO3)cc1. The molecular formula is C24H18F6N2O2. The molecular weight excluding hydrogens is 462 g/mol. The second-order valence-corrected chi connectivity index (χ2v) is 7.89. The number of hydrogen-bond donors (Lipinski definition) is 0. The molecule has 1 amide bonds. The lowest BCUT2D eigenvalue weighted by atomic mass is 9.99. The molecule has 0 aliphatic carbocycles. The van der Waals surface area contributed by atoms with Crippen LogP contribution in [0.4, 0.5) is 26.3 Å². The van der Waals surface area contributed by atoms with Gasteiger partial charge in [0.25, 0.3) is 5.91 Å². The maximum absolute atomic E-state index is 13.4. The number of alkyl halides is 6. The van der Waals surface area contributed by atoms with Gasteiger partial charge in [0.15, 0.2) is 0 Å². The Balaban J connectivity index is 1.74. The van der Waals surface area contributed by atoms with E-state index >= 15 is 0 Å². The van der Waals surface area contributed by atoms with Crippen LogP contribution in [-0.2, 0) is 18.9 Å². The van der Waals surface area contributed by atoms with Crippen LogP contribution in [0.25, 0.3) is 11.1 Å². The third-order valence-corrected chi connectivity index (χ3v) is 5.40. The molecule has 4 rings (SSSR count). The van der Waals surface area contributed by atoms with E-state index in [4.69, 9.17) is 4.74 Å². The minimum absolute atomic E-state index is 0.0197. The van der Waals surface area contributed by atoms with Crippen molar-refractivity contribution in [3.05, 3.63) is 82.5 Å². The molecule has 0 saturated carbocycles. The Bertz CT molecular complexity index is 1190. The van der Waals surface area contributed by atoms with Crippen LogP contribution in [0, 0.1) is 6.92 Å². The first-order chi connectivity index (χ1) is 15.9. The molecule has 0 fully saturated rings. The number of aromatic nitrogens is 1. The molecule has 0 bridgehead atoms. The smallest absolute Gasteiger partial charge is 0.416 e. The molecule has 0 unspecified atom stereocenters. The number of amides is 1. The average molecular weight is 480 g/mol. The zero-order valence-electron chi connectivity index (χ0n) is 17.8. The molecule has 34 heavy (non-hydrogen) atoms. The number of rotatable bonds is 3. The van der Waals surface area contributed by atoms with Gasteiger partial charge in [0.1, 0.15) is 12.2 Å². The van der Waals surface area contributed by atoms with Gasteiger partial charge in [0, 0.05) is 18.3 Å². The Morgan fingerprint density at radius 3 is 2.15 bits per heavy atom. The van der Waals surface area contributed by atoms with Crippen molar-refractivity contribution in [3.8, 4) is 17.0 Å². The van der Waals surface area contributed by atoms with E-state index in [0.29, 0.717) is 23.3 Å². The summed E-state index contributed by atoms with van der Waals surface area (Å²) in [4.78, 5) is 18.7. The fourth-order valence-corrected chi connectivity index (χ4v) is 3.73. The van der Waals surface area contributed by atoms with Crippen LogP contribution in [0.15, 0.2) is 54.7 Å². The molecule has 1 aliphatic rings. The highest BCUT2D eigenvalue weighted by Gasteiger charge is 2.37. The van der Waals surface area contributed by atoms with Gasteiger partial charge in [-0.15, -0.1) is 0 Å². The van der Waals surface area contributed by atoms with Gasteiger partial charge >= 0.3 is 12.4 Å². The summed E-state index contributed by atoms with van der Waals surface area (Å²) in [6.07, 6.45) is -8.48. The number of fused-ring (bicyclic) bond motifs is 1. The van der Waals surface area contributed by atoms with Crippen LogP contribution in [0.5, 0.6) is 5.88 Å². The topological polar surface area (TPSA) is 42.4 Å². The lowest BCUT2D eigenvalue weighted by Gasteiger charge is -2.22. The maximum Gasteiger partial charge on any atom is 0.416 e. The molecule has 0 saturated heterocycles. The van der Waals surface area contributed by atoms with Crippen molar-refractivity contribution in [1.82, 2.24) is 9.88 Å². The van der Waals surface area contributed by atoms with Crippen LogP contribution in [0.2, 0.25) is 0 Å². The minimum atomic E-state index is -4.98. The average Bonchev–Trinajstić information content (AvgIpc) is 2.92. The van der Waals surface area contributed by atoms with Gasteiger partial charge in [-0.25, -0.2) is 4.98 Å². The van der Waals surface area contributed by atoms with E-state index in [2.05, 4.69) is 4.98 Å². The van der Waals surface area contributed by atoms with Crippen molar-refractivity contribution in [2.24, 2.45) is 0 Å². The fourth-order valence-electron chi connectivity index (χ4n) is 3.73. The summed E-state index contributed by atoms with van der Waals surface area (Å²) < 4.78 is 85.1. The number of nitrogens with zero attached hydrogens (tertiary/aromatic N) is 2. The molecule has 0 radical (unpaired) electrons. The monoisotopic (exact) mass is 480 g/mol. The van der Waals surface area contributed by atoms with Gasteiger partial charge in [0.2, 0.25) is 5.88 Å². The summed E-state index contributed by atoms with van der Waals surface area (Å²) in [5.74, 6) is -0.534. The van der Waals surface area contributed by atoms with E-state index < -0.39 is 35.9 Å². The molecule has 10 heteroatoms. The summed E-state index contributed by atoms with van der Waals surface area (Å²) in [7, 11) is 0. The van der Waals surface area contributed by atoms with Crippen molar-refractivity contribution < 1.29 is 35.9 Å². The van der Waals surface area contributed by atoms with Crippen molar-refractivity contribution in [2.75, 3.05) is 13.2 Å². The van der Waals surface area contributed by atoms with Crippen LogP contribution in [0.3, 0.4) is 0 Å². The van der Waals surface area contributed by atoms with E-state index in [1.807, 2.05) is 19.1 Å². The highest BCUT2D eigenvalue weighted by molar-refractivity contribution is 6.03. The Kier molecular flexibility index (Phi) is 6.01. The molecule has 0 atom stereocenters. The zero-order chi connectivity index (χ0) is 24.7. The summed E-state index contributed by atoms with van der Waals surface area (Å²) in [5.41, 5.74) is -0.857. The lowest BCUT2D eigenvalue weighted by Crippen LogP contribution is -2.32. The summed E-state index contributed by atoms with van der Waals surface area (Å²) in [5, 5.41) is 0. The zero-order valence-corrected chi connectivity index (χ0v) is 17.8. The molecule has 2 aromatic carbocycles. The second kappa shape index (κ2) is 8.66. The number of halogens is 6. The van der Waals surface area contributed by atoms with Gasteiger partial charge in [-0.3, -0.25) is 4.79 Å². The highest BCUT2D eigenvalue weighted by atomic mass is 19.4. The largest absolute Gasteiger partial charge is 0.475 e. The molecule has 2 heterocycles.